The molecule has 1 aliphatic heterocycles. The molecule has 0 saturated carbocycles. The number of nitrogens with two attached hydrogens (primary N) is 1. The molecule has 2 atom stereocenters. The fourth-order valence-electron chi connectivity index (χ4n) is 1.15. The molecule has 0 bridgehead atoms. The summed E-state index contributed by atoms with van der Waals surface area (Å²) in [5.41, 5.74) is 5.10. The van der Waals surface area contributed by atoms with Gasteiger partial charge in [0.25, 0.3) is 0 Å². The quantitative estimate of drug-likeness (QED) is 0.619. The maximum atomic E-state index is 10.6. The molecule has 1 fully saturated rings. The molecule has 0 aliphatic carbocycles. The normalized spacial score (nSPS) is 25.6. The minimum absolute atomic E-state index is 0.116. The van der Waals surface area contributed by atoms with Crippen molar-refractivity contribution in [1.82, 2.24) is 5.32 Å². The van der Waals surface area contributed by atoms with Gasteiger partial charge in [-0.2, -0.15) is 0 Å². The van der Waals surface area contributed by atoms with Gasteiger partial charge in [-0.3, -0.25) is 10.1 Å². The summed E-state index contributed by atoms with van der Waals surface area (Å²) in [5.74, 6) is -0.380. The molecule has 1 heterocycles. The Bertz CT molecular complexity index is 155. The van der Waals surface area contributed by atoms with Crippen LogP contribution in [0.4, 0.5) is 0 Å². The van der Waals surface area contributed by atoms with Gasteiger partial charge in [-0.05, 0) is 12.8 Å². The molecule has 4 heteroatoms. The molecule has 0 radical (unpaired) electrons. The Labute approximate surface area is 72.5 Å². The Morgan fingerprint density at radius 2 is 2.58 bits per heavy atom. The van der Waals surface area contributed by atoms with Gasteiger partial charge in [0.1, 0.15) is 6.23 Å². The maximum absolute atomic E-state index is 10.6. The van der Waals surface area contributed by atoms with Crippen LogP contribution < -0.4 is 11.1 Å². The maximum Gasteiger partial charge on any atom is 0.221 e. The van der Waals surface area contributed by atoms with Crippen LogP contribution in [0.3, 0.4) is 0 Å². The van der Waals surface area contributed by atoms with Gasteiger partial charge in [0.15, 0.2) is 0 Å². The standard InChI is InChI=1S/C8H16N2O2/c1-6(8(9)11)5-10-7-3-2-4-12-7/h6-7,10H,2-5H2,1H3,(H2,9,11)/t6?,7-/m1/s1. The molecule has 1 unspecified atom stereocenters. The lowest BCUT2D eigenvalue weighted by atomic mass is 10.1. The largest absolute Gasteiger partial charge is 0.369 e. The van der Waals surface area contributed by atoms with Gasteiger partial charge in [-0.1, -0.05) is 6.92 Å². The van der Waals surface area contributed by atoms with Crippen molar-refractivity contribution in [2.45, 2.75) is 26.0 Å². The van der Waals surface area contributed by atoms with Crippen molar-refractivity contribution in [3.8, 4) is 0 Å². The molecule has 12 heavy (non-hydrogen) atoms. The Kier molecular flexibility index (Phi) is 3.49. The van der Waals surface area contributed by atoms with E-state index < -0.39 is 0 Å². The van der Waals surface area contributed by atoms with Gasteiger partial charge >= 0.3 is 0 Å². The van der Waals surface area contributed by atoms with Crippen LogP contribution >= 0.6 is 0 Å². The summed E-state index contributed by atoms with van der Waals surface area (Å²) in [7, 11) is 0. The zero-order chi connectivity index (χ0) is 8.97. The molecule has 0 aromatic heterocycles. The lowest BCUT2D eigenvalue weighted by Gasteiger charge is -2.13. The van der Waals surface area contributed by atoms with Crippen LogP contribution in [0.1, 0.15) is 19.8 Å². The highest BCUT2D eigenvalue weighted by atomic mass is 16.5. The van der Waals surface area contributed by atoms with Gasteiger partial charge in [0, 0.05) is 19.1 Å². The average Bonchev–Trinajstić information content (AvgIpc) is 2.51. The molecule has 1 aliphatic rings. The molecule has 0 aromatic carbocycles. The number of rotatable bonds is 4. The Morgan fingerprint density at radius 1 is 1.83 bits per heavy atom. The molecule has 4 nitrogen and oxygen atoms in total. The van der Waals surface area contributed by atoms with E-state index in [1.165, 1.54) is 0 Å². The van der Waals surface area contributed by atoms with Gasteiger partial charge in [-0.25, -0.2) is 0 Å². The van der Waals surface area contributed by atoms with Crippen molar-refractivity contribution < 1.29 is 9.53 Å². The highest BCUT2D eigenvalue weighted by Crippen LogP contribution is 2.09. The molecular formula is C8H16N2O2. The van der Waals surface area contributed by atoms with Crippen LogP contribution in [0.2, 0.25) is 0 Å². The second-order valence-electron chi connectivity index (χ2n) is 3.21. The minimum Gasteiger partial charge on any atom is -0.369 e. The highest BCUT2D eigenvalue weighted by Gasteiger charge is 2.16. The second kappa shape index (κ2) is 4.42. The van der Waals surface area contributed by atoms with Crippen LogP contribution in [-0.2, 0) is 9.53 Å². The third-order valence-electron chi connectivity index (χ3n) is 2.07. The van der Waals surface area contributed by atoms with Crippen LogP contribution in [0.5, 0.6) is 0 Å². The van der Waals surface area contributed by atoms with E-state index in [-0.39, 0.29) is 18.1 Å². The SMILES string of the molecule is CC(CN[C@H]1CCCO1)C(N)=O. The summed E-state index contributed by atoms with van der Waals surface area (Å²) in [6, 6.07) is 0. The number of primary amides is 1. The van der Waals surface area contributed by atoms with E-state index in [1.807, 2.05) is 6.92 Å². The first-order valence-corrected chi connectivity index (χ1v) is 4.34. The zero-order valence-electron chi connectivity index (χ0n) is 7.38. The van der Waals surface area contributed by atoms with E-state index in [2.05, 4.69) is 5.32 Å². The van der Waals surface area contributed by atoms with Crippen molar-refractivity contribution in [3.05, 3.63) is 0 Å². The van der Waals surface area contributed by atoms with E-state index in [9.17, 15) is 4.79 Å². The first-order valence-electron chi connectivity index (χ1n) is 4.34. The number of nitrogens with one attached hydrogen (secondary N) is 1. The summed E-state index contributed by atoms with van der Waals surface area (Å²) < 4.78 is 5.32. The molecule has 3 N–H and O–H groups in total. The number of hydrogen-bond donors (Lipinski definition) is 2. The summed E-state index contributed by atoms with van der Waals surface area (Å²) in [4.78, 5) is 10.6. The van der Waals surface area contributed by atoms with Crippen LogP contribution in [0.25, 0.3) is 0 Å². The fourth-order valence-corrected chi connectivity index (χ4v) is 1.15. The van der Waals surface area contributed by atoms with Crippen molar-refractivity contribution in [2.75, 3.05) is 13.2 Å². The van der Waals surface area contributed by atoms with Crippen LogP contribution in [0, 0.1) is 5.92 Å². The van der Waals surface area contributed by atoms with Crippen molar-refractivity contribution >= 4 is 5.91 Å². The second-order valence-corrected chi connectivity index (χ2v) is 3.21. The Hall–Kier alpha value is -0.610. The van der Waals surface area contributed by atoms with E-state index in [0.29, 0.717) is 6.54 Å². The Morgan fingerprint density at radius 3 is 3.08 bits per heavy atom. The number of ether oxygens (including phenoxy) is 1. The number of carbonyl (C=O) groups excluding carboxylic acids is 1. The lowest BCUT2D eigenvalue weighted by Crippen LogP contribution is -2.36. The average molecular weight is 172 g/mol. The van der Waals surface area contributed by atoms with Gasteiger partial charge in [0.05, 0.1) is 0 Å². The zero-order valence-corrected chi connectivity index (χ0v) is 7.38. The molecule has 70 valence electrons. The van der Waals surface area contributed by atoms with E-state index in [0.717, 1.165) is 19.4 Å². The van der Waals surface area contributed by atoms with Crippen molar-refractivity contribution in [2.24, 2.45) is 11.7 Å². The van der Waals surface area contributed by atoms with E-state index >= 15 is 0 Å². The molecule has 1 rings (SSSR count). The van der Waals surface area contributed by atoms with E-state index in [4.69, 9.17) is 10.5 Å². The van der Waals surface area contributed by atoms with Crippen molar-refractivity contribution in [1.29, 1.82) is 0 Å². The topological polar surface area (TPSA) is 64.3 Å². The highest BCUT2D eigenvalue weighted by molar-refractivity contribution is 5.76. The number of carbonyl (C=O) groups is 1. The molecule has 0 aromatic rings. The number of amides is 1. The minimum atomic E-state index is -0.263. The third kappa shape index (κ3) is 2.79. The number of hydrogen-bond acceptors (Lipinski definition) is 3. The predicted octanol–water partition coefficient (Wildman–Crippen LogP) is -0.166. The summed E-state index contributed by atoms with van der Waals surface area (Å²) in [5, 5.41) is 3.14. The van der Waals surface area contributed by atoms with Gasteiger partial charge in [-0.15, -0.1) is 0 Å². The van der Waals surface area contributed by atoms with Gasteiger partial charge in [0.2, 0.25) is 5.91 Å². The van der Waals surface area contributed by atoms with Crippen LogP contribution in [0.15, 0.2) is 0 Å². The smallest absolute Gasteiger partial charge is 0.221 e. The van der Waals surface area contributed by atoms with Crippen molar-refractivity contribution in [3.63, 3.8) is 0 Å². The first kappa shape index (κ1) is 9.48. The summed E-state index contributed by atoms with van der Waals surface area (Å²) in [6.45, 7) is 3.24. The van der Waals surface area contributed by atoms with Gasteiger partial charge < -0.3 is 10.5 Å². The predicted molar refractivity (Wildman–Crippen MR) is 45.3 cm³/mol. The molecule has 1 amide bonds. The molecule has 0 spiro atoms. The lowest BCUT2D eigenvalue weighted by molar-refractivity contribution is -0.121. The Balaban J connectivity index is 2.11. The molecule has 1 saturated heterocycles. The first-order chi connectivity index (χ1) is 5.70. The van der Waals surface area contributed by atoms with E-state index in [1.54, 1.807) is 0 Å². The molecular weight excluding hydrogens is 156 g/mol. The third-order valence-corrected chi connectivity index (χ3v) is 2.07. The van der Waals surface area contributed by atoms with Crippen LogP contribution in [-0.4, -0.2) is 25.3 Å². The fraction of sp³-hybridized carbons (Fsp3) is 0.875. The monoisotopic (exact) mass is 172 g/mol. The summed E-state index contributed by atoms with van der Waals surface area (Å²) in [6.07, 6.45) is 2.26. The summed E-state index contributed by atoms with van der Waals surface area (Å²) >= 11 is 0.